The van der Waals surface area contributed by atoms with Crippen LogP contribution in [0.2, 0.25) is 0 Å². The van der Waals surface area contributed by atoms with E-state index in [2.05, 4.69) is 20.8 Å². The van der Waals surface area contributed by atoms with Gasteiger partial charge in [0.25, 0.3) is 0 Å². The fourth-order valence-corrected chi connectivity index (χ4v) is 2.46. The van der Waals surface area contributed by atoms with Crippen LogP contribution in [-0.4, -0.2) is 18.3 Å². The molecule has 19 heavy (non-hydrogen) atoms. The molecule has 1 aromatic carbocycles. The highest BCUT2D eigenvalue weighted by molar-refractivity contribution is 9.08. The van der Waals surface area contributed by atoms with Crippen LogP contribution in [-0.2, 0) is 14.6 Å². The van der Waals surface area contributed by atoms with E-state index in [4.69, 9.17) is 15.9 Å². The predicted molar refractivity (Wildman–Crippen MR) is 81.1 cm³/mol. The molecule has 100 valence electrons. The maximum Gasteiger partial charge on any atom is 0.495 e. The van der Waals surface area contributed by atoms with E-state index < -0.39 is 0 Å². The summed E-state index contributed by atoms with van der Waals surface area (Å²) in [6.07, 6.45) is 0. The molecule has 0 bridgehead atoms. The Morgan fingerprint density at radius 3 is 2.26 bits per heavy atom. The Hall–Kier alpha value is -0.825. The maximum atomic E-state index is 7.07. The third-order valence-corrected chi connectivity index (χ3v) is 4.51. The molecular weight excluding hydrogens is 305 g/mol. The van der Waals surface area contributed by atoms with E-state index in [1.807, 2.05) is 39.8 Å². The van der Waals surface area contributed by atoms with Gasteiger partial charge >= 0.3 is 7.12 Å². The molecule has 1 aliphatic heterocycles. The quantitative estimate of drug-likeness (QED) is 0.473. The van der Waals surface area contributed by atoms with Crippen molar-refractivity contribution in [2.45, 2.75) is 44.2 Å². The third kappa shape index (κ3) is 2.58. The van der Waals surface area contributed by atoms with E-state index in [0.717, 1.165) is 11.0 Å². The molecule has 1 heterocycles. The molecule has 0 amide bonds. The van der Waals surface area contributed by atoms with Gasteiger partial charge in [-0.1, -0.05) is 34.1 Å². The van der Waals surface area contributed by atoms with Crippen LogP contribution < -0.4 is 5.46 Å². The lowest BCUT2D eigenvalue weighted by atomic mass is 9.76. The van der Waals surface area contributed by atoms with Crippen LogP contribution in [0.3, 0.4) is 0 Å². The summed E-state index contributed by atoms with van der Waals surface area (Å²) in [4.78, 5) is 3.45. The first-order valence-corrected chi connectivity index (χ1v) is 7.35. The fraction of sp³-hybridized carbons (Fsp3) is 0.500. The van der Waals surface area contributed by atoms with E-state index in [1.54, 1.807) is 6.07 Å². The van der Waals surface area contributed by atoms with Crippen LogP contribution in [0, 0.1) is 6.57 Å². The Morgan fingerprint density at radius 2 is 1.79 bits per heavy atom. The Labute approximate surface area is 123 Å². The van der Waals surface area contributed by atoms with Crippen LogP contribution in [0.15, 0.2) is 18.2 Å². The second kappa shape index (κ2) is 4.94. The minimum absolute atomic E-state index is 0.348. The number of rotatable bonds is 2. The monoisotopic (exact) mass is 321 g/mol. The Bertz CT molecular complexity index is 521. The van der Waals surface area contributed by atoms with Crippen molar-refractivity contribution in [3.63, 3.8) is 0 Å². The lowest BCUT2D eigenvalue weighted by molar-refractivity contribution is 0.00578. The zero-order valence-electron chi connectivity index (χ0n) is 11.7. The second-order valence-electron chi connectivity index (χ2n) is 5.72. The minimum Gasteiger partial charge on any atom is -0.399 e. The maximum absolute atomic E-state index is 7.07. The Balaban J connectivity index is 2.37. The van der Waals surface area contributed by atoms with Crippen molar-refractivity contribution >= 4 is 34.2 Å². The van der Waals surface area contributed by atoms with Crippen molar-refractivity contribution in [3.05, 3.63) is 35.2 Å². The van der Waals surface area contributed by atoms with E-state index in [0.29, 0.717) is 11.0 Å². The normalized spacial score (nSPS) is 20.3. The molecule has 0 atom stereocenters. The van der Waals surface area contributed by atoms with Gasteiger partial charge in [-0.2, -0.15) is 0 Å². The molecule has 0 unspecified atom stereocenters. The van der Waals surface area contributed by atoms with Gasteiger partial charge in [0.15, 0.2) is 5.69 Å². The molecule has 0 N–H and O–H groups in total. The summed E-state index contributed by atoms with van der Waals surface area (Å²) in [7, 11) is -0.377. The number of halogens is 1. The molecule has 1 saturated heterocycles. The van der Waals surface area contributed by atoms with Crippen LogP contribution >= 0.6 is 15.9 Å². The lowest BCUT2D eigenvalue weighted by Gasteiger charge is -2.32. The lowest BCUT2D eigenvalue weighted by Crippen LogP contribution is -2.41. The van der Waals surface area contributed by atoms with Crippen molar-refractivity contribution in [2.24, 2.45) is 0 Å². The number of hydrogen-bond acceptors (Lipinski definition) is 2. The minimum atomic E-state index is -0.377. The molecule has 2 rings (SSSR count). The molecule has 5 heteroatoms. The first-order chi connectivity index (χ1) is 8.80. The fourth-order valence-electron chi connectivity index (χ4n) is 1.98. The van der Waals surface area contributed by atoms with Crippen molar-refractivity contribution < 1.29 is 9.31 Å². The summed E-state index contributed by atoms with van der Waals surface area (Å²) < 4.78 is 12.1. The molecule has 0 aromatic heterocycles. The molecule has 0 spiro atoms. The highest BCUT2D eigenvalue weighted by Crippen LogP contribution is 2.37. The largest absolute Gasteiger partial charge is 0.495 e. The SMILES string of the molecule is [C-]#[N+]c1ccc(B2OC(C)(C)C(C)(C)O2)c(CBr)c1. The average Bonchev–Trinajstić information content (AvgIpc) is 2.57. The van der Waals surface area contributed by atoms with E-state index in [9.17, 15) is 0 Å². The number of nitrogens with zero attached hydrogens (tertiary/aromatic N) is 1. The summed E-state index contributed by atoms with van der Waals surface area (Å²) in [6.45, 7) is 15.2. The van der Waals surface area contributed by atoms with Crippen LogP contribution in [0.4, 0.5) is 5.69 Å². The second-order valence-corrected chi connectivity index (χ2v) is 6.28. The first kappa shape index (κ1) is 14.6. The zero-order valence-corrected chi connectivity index (χ0v) is 13.2. The predicted octanol–water partition coefficient (Wildman–Crippen LogP) is 3.43. The molecule has 0 radical (unpaired) electrons. The van der Waals surface area contributed by atoms with E-state index >= 15 is 0 Å². The molecule has 0 aliphatic carbocycles. The van der Waals surface area contributed by atoms with Crippen LogP contribution in [0.5, 0.6) is 0 Å². The van der Waals surface area contributed by atoms with Gasteiger partial charge in [-0.3, -0.25) is 0 Å². The van der Waals surface area contributed by atoms with Crippen molar-refractivity contribution in [3.8, 4) is 0 Å². The van der Waals surface area contributed by atoms with Gasteiger partial charge < -0.3 is 9.31 Å². The Kier molecular flexibility index (Phi) is 3.79. The van der Waals surface area contributed by atoms with Crippen molar-refractivity contribution in [1.29, 1.82) is 0 Å². The molecule has 1 aromatic rings. The van der Waals surface area contributed by atoms with E-state index in [1.165, 1.54) is 0 Å². The standard InChI is InChI=1S/C14H17BBrNO2/c1-13(2)14(3,4)19-15(18-13)12-7-6-11(17-5)8-10(12)9-16/h6-8H,9H2,1-4H3. The average molecular weight is 322 g/mol. The topological polar surface area (TPSA) is 22.8 Å². The van der Waals surface area contributed by atoms with E-state index in [-0.39, 0.29) is 18.3 Å². The summed E-state index contributed by atoms with van der Waals surface area (Å²) >= 11 is 3.46. The first-order valence-electron chi connectivity index (χ1n) is 6.22. The zero-order chi connectivity index (χ0) is 14.3. The van der Waals surface area contributed by atoms with Crippen LogP contribution in [0.25, 0.3) is 4.85 Å². The Morgan fingerprint density at radius 1 is 1.21 bits per heavy atom. The third-order valence-electron chi connectivity index (χ3n) is 3.91. The van der Waals surface area contributed by atoms with Gasteiger partial charge in [-0.05, 0) is 38.7 Å². The summed E-state index contributed by atoms with van der Waals surface area (Å²) in [5.74, 6) is 0. The van der Waals surface area contributed by atoms with Crippen LogP contribution in [0.1, 0.15) is 33.3 Å². The number of hydrogen-bond donors (Lipinski definition) is 0. The van der Waals surface area contributed by atoms with Crippen molar-refractivity contribution in [2.75, 3.05) is 0 Å². The molecule has 1 aliphatic rings. The molecule has 0 saturated carbocycles. The summed E-state index contributed by atoms with van der Waals surface area (Å²) in [6, 6.07) is 5.60. The summed E-state index contributed by atoms with van der Waals surface area (Å²) in [5, 5.41) is 0.676. The number of alkyl halides is 1. The van der Waals surface area contributed by atoms with Gasteiger partial charge in [0, 0.05) is 5.33 Å². The highest BCUT2D eigenvalue weighted by atomic mass is 79.9. The molecule has 3 nitrogen and oxygen atoms in total. The smallest absolute Gasteiger partial charge is 0.399 e. The van der Waals surface area contributed by atoms with Gasteiger partial charge in [0.2, 0.25) is 0 Å². The molecule has 1 fully saturated rings. The number of benzene rings is 1. The van der Waals surface area contributed by atoms with Crippen molar-refractivity contribution in [1.82, 2.24) is 0 Å². The summed E-state index contributed by atoms with van der Waals surface area (Å²) in [5.41, 5.74) is 1.96. The van der Waals surface area contributed by atoms with Gasteiger partial charge in [0.1, 0.15) is 0 Å². The van der Waals surface area contributed by atoms with Gasteiger partial charge in [-0.15, -0.1) is 0 Å². The van der Waals surface area contributed by atoms with Gasteiger partial charge in [0.05, 0.1) is 17.8 Å². The molecular formula is C14H17BBrNO2. The van der Waals surface area contributed by atoms with Gasteiger partial charge in [-0.25, -0.2) is 4.85 Å². The highest BCUT2D eigenvalue weighted by Gasteiger charge is 2.52.